The molecule has 0 atom stereocenters. The Morgan fingerprint density at radius 2 is 1.64 bits per heavy atom. The summed E-state index contributed by atoms with van der Waals surface area (Å²) in [6.45, 7) is 10.7. The first-order valence-corrected chi connectivity index (χ1v) is 5.84. The van der Waals surface area contributed by atoms with Crippen molar-refractivity contribution in [2.45, 2.75) is 52.6 Å². The highest BCUT2D eigenvalue weighted by atomic mass is 15.0. The van der Waals surface area contributed by atoms with Crippen molar-refractivity contribution in [3.63, 3.8) is 0 Å². The maximum Gasteiger partial charge on any atom is 0.00966 e. The van der Waals surface area contributed by atoms with Crippen LogP contribution in [0.5, 0.6) is 0 Å². The molecule has 0 aromatic carbocycles. The molecule has 2 heteroatoms. The molecule has 0 aliphatic heterocycles. The molecular formula is C12H24N2. The first-order valence-electron chi connectivity index (χ1n) is 5.84. The summed E-state index contributed by atoms with van der Waals surface area (Å²) in [6.07, 6.45) is 2.35. The van der Waals surface area contributed by atoms with Crippen molar-refractivity contribution in [1.29, 1.82) is 0 Å². The van der Waals surface area contributed by atoms with Crippen molar-refractivity contribution in [2.24, 2.45) is 22.5 Å². The molecular weight excluding hydrogens is 172 g/mol. The third kappa shape index (κ3) is 1.40. The van der Waals surface area contributed by atoms with Gasteiger partial charge in [-0.1, -0.05) is 27.7 Å². The summed E-state index contributed by atoms with van der Waals surface area (Å²) in [7, 11) is 0. The van der Waals surface area contributed by atoms with E-state index in [0.29, 0.717) is 22.9 Å². The minimum Gasteiger partial charge on any atom is -0.328 e. The molecule has 3 N–H and O–H groups in total. The van der Waals surface area contributed by atoms with E-state index in [-0.39, 0.29) is 0 Å². The molecule has 2 aliphatic carbocycles. The average Bonchev–Trinajstić information content (AvgIpc) is 2.36. The number of hydrogen-bond donors (Lipinski definition) is 2. The predicted molar refractivity (Wildman–Crippen MR) is 60.1 cm³/mol. The van der Waals surface area contributed by atoms with Gasteiger partial charge in [0.25, 0.3) is 0 Å². The Balaban J connectivity index is 1.73. The van der Waals surface area contributed by atoms with Crippen LogP contribution in [0.1, 0.15) is 40.5 Å². The molecule has 0 spiro atoms. The van der Waals surface area contributed by atoms with Gasteiger partial charge in [-0.05, 0) is 36.1 Å². The van der Waals surface area contributed by atoms with E-state index in [1.165, 1.54) is 19.4 Å². The highest BCUT2D eigenvalue weighted by Crippen LogP contribution is 2.67. The van der Waals surface area contributed by atoms with Gasteiger partial charge >= 0.3 is 0 Å². The number of nitrogens with two attached hydrogens (primary N) is 1. The molecule has 2 rings (SSSR count). The van der Waals surface area contributed by atoms with Crippen LogP contribution < -0.4 is 11.1 Å². The molecule has 0 saturated heterocycles. The number of nitrogens with one attached hydrogen (secondary N) is 1. The molecule has 0 heterocycles. The van der Waals surface area contributed by atoms with Gasteiger partial charge in [0.2, 0.25) is 0 Å². The van der Waals surface area contributed by atoms with E-state index in [2.05, 4.69) is 33.0 Å². The van der Waals surface area contributed by atoms with Crippen molar-refractivity contribution in [2.75, 3.05) is 6.54 Å². The summed E-state index contributed by atoms with van der Waals surface area (Å²) in [5, 5.41) is 3.64. The van der Waals surface area contributed by atoms with E-state index in [0.717, 1.165) is 5.92 Å². The standard InChI is InChI=1S/C12H24N2/c1-11(2)10(12(11,3)4)7-14-9-5-8(13)6-9/h8-10,14H,5-7,13H2,1-4H3. The van der Waals surface area contributed by atoms with E-state index in [9.17, 15) is 0 Å². The summed E-state index contributed by atoms with van der Waals surface area (Å²) in [4.78, 5) is 0. The molecule has 0 aromatic heterocycles. The molecule has 2 nitrogen and oxygen atoms in total. The lowest BCUT2D eigenvalue weighted by Crippen LogP contribution is -2.49. The Kier molecular flexibility index (Phi) is 2.20. The van der Waals surface area contributed by atoms with Gasteiger partial charge < -0.3 is 11.1 Å². The van der Waals surface area contributed by atoms with E-state index >= 15 is 0 Å². The third-order valence-electron chi connectivity index (χ3n) is 5.10. The minimum atomic E-state index is 0.465. The lowest BCUT2D eigenvalue weighted by molar-refractivity contribution is 0.283. The highest BCUT2D eigenvalue weighted by molar-refractivity contribution is 5.13. The maximum atomic E-state index is 5.76. The largest absolute Gasteiger partial charge is 0.328 e. The highest BCUT2D eigenvalue weighted by Gasteiger charge is 2.63. The Morgan fingerprint density at radius 3 is 2.00 bits per heavy atom. The van der Waals surface area contributed by atoms with Gasteiger partial charge in [-0.2, -0.15) is 0 Å². The van der Waals surface area contributed by atoms with Crippen LogP contribution in [0.3, 0.4) is 0 Å². The molecule has 2 aliphatic rings. The monoisotopic (exact) mass is 196 g/mol. The molecule has 2 saturated carbocycles. The van der Waals surface area contributed by atoms with Crippen LogP contribution in [0, 0.1) is 16.7 Å². The first-order chi connectivity index (χ1) is 6.35. The molecule has 0 bridgehead atoms. The summed E-state index contributed by atoms with van der Waals surface area (Å²) in [5.74, 6) is 0.840. The van der Waals surface area contributed by atoms with E-state index in [1.54, 1.807) is 0 Å². The second-order valence-electron chi connectivity index (χ2n) is 6.33. The smallest absolute Gasteiger partial charge is 0.00966 e. The van der Waals surface area contributed by atoms with E-state index in [4.69, 9.17) is 5.73 Å². The second kappa shape index (κ2) is 2.96. The fourth-order valence-corrected chi connectivity index (χ4v) is 2.96. The van der Waals surface area contributed by atoms with Crippen LogP contribution in [0.4, 0.5) is 0 Å². The Labute approximate surface area is 87.6 Å². The van der Waals surface area contributed by atoms with E-state index in [1.807, 2.05) is 0 Å². The summed E-state index contributed by atoms with van der Waals surface area (Å²) < 4.78 is 0. The topological polar surface area (TPSA) is 38.0 Å². The Morgan fingerprint density at radius 1 is 1.14 bits per heavy atom. The van der Waals surface area contributed by atoms with Crippen LogP contribution in [0.2, 0.25) is 0 Å². The predicted octanol–water partition coefficient (Wildman–Crippen LogP) is 1.75. The summed E-state index contributed by atoms with van der Waals surface area (Å²) in [5.41, 5.74) is 6.80. The second-order valence-corrected chi connectivity index (χ2v) is 6.33. The molecule has 14 heavy (non-hydrogen) atoms. The van der Waals surface area contributed by atoms with Crippen molar-refractivity contribution in [3.05, 3.63) is 0 Å². The fraction of sp³-hybridized carbons (Fsp3) is 1.00. The molecule has 0 amide bonds. The van der Waals surface area contributed by atoms with Crippen LogP contribution in [0.15, 0.2) is 0 Å². The maximum absolute atomic E-state index is 5.76. The zero-order valence-corrected chi connectivity index (χ0v) is 9.93. The third-order valence-corrected chi connectivity index (χ3v) is 5.10. The Bertz CT molecular complexity index is 212. The normalized spacial score (nSPS) is 39.2. The van der Waals surface area contributed by atoms with Crippen molar-refractivity contribution >= 4 is 0 Å². The average molecular weight is 196 g/mol. The van der Waals surface area contributed by atoms with Crippen molar-refractivity contribution < 1.29 is 0 Å². The number of rotatable bonds is 3. The summed E-state index contributed by atoms with van der Waals surface area (Å²) >= 11 is 0. The number of hydrogen-bond acceptors (Lipinski definition) is 2. The van der Waals surface area contributed by atoms with Gasteiger partial charge in [0.15, 0.2) is 0 Å². The first kappa shape index (κ1) is 10.4. The zero-order valence-electron chi connectivity index (χ0n) is 9.93. The Hall–Kier alpha value is -0.0800. The molecule has 0 unspecified atom stereocenters. The zero-order chi connectivity index (χ0) is 10.6. The van der Waals surface area contributed by atoms with Crippen molar-refractivity contribution in [3.8, 4) is 0 Å². The van der Waals surface area contributed by atoms with Gasteiger partial charge in [0, 0.05) is 12.1 Å². The fourth-order valence-electron chi connectivity index (χ4n) is 2.96. The SMILES string of the molecule is CC1(C)C(CNC2CC(N)C2)C1(C)C. The molecule has 2 fully saturated rings. The lowest BCUT2D eigenvalue weighted by atomic mass is 9.87. The molecule has 0 radical (unpaired) electrons. The van der Waals surface area contributed by atoms with Gasteiger partial charge in [-0.3, -0.25) is 0 Å². The molecule has 0 aromatic rings. The minimum absolute atomic E-state index is 0.465. The molecule has 82 valence electrons. The van der Waals surface area contributed by atoms with Crippen LogP contribution in [-0.2, 0) is 0 Å². The van der Waals surface area contributed by atoms with Gasteiger partial charge in [0.1, 0.15) is 0 Å². The van der Waals surface area contributed by atoms with Crippen molar-refractivity contribution in [1.82, 2.24) is 5.32 Å². The van der Waals surface area contributed by atoms with Crippen LogP contribution in [0.25, 0.3) is 0 Å². The lowest BCUT2D eigenvalue weighted by Gasteiger charge is -2.33. The quantitative estimate of drug-likeness (QED) is 0.721. The van der Waals surface area contributed by atoms with Crippen LogP contribution >= 0.6 is 0 Å². The van der Waals surface area contributed by atoms with Crippen LogP contribution in [-0.4, -0.2) is 18.6 Å². The van der Waals surface area contributed by atoms with Gasteiger partial charge in [0.05, 0.1) is 0 Å². The van der Waals surface area contributed by atoms with Gasteiger partial charge in [-0.25, -0.2) is 0 Å². The van der Waals surface area contributed by atoms with Gasteiger partial charge in [-0.15, -0.1) is 0 Å². The summed E-state index contributed by atoms with van der Waals surface area (Å²) in [6, 6.07) is 1.17. The van der Waals surface area contributed by atoms with E-state index < -0.39 is 0 Å².